The molecule has 0 radical (unpaired) electrons. The Bertz CT molecular complexity index is 1330. The van der Waals surface area contributed by atoms with Gasteiger partial charge in [-0.25, -0.2) is 4.98 Å². The molecule has 9 heteroatoms. The lowest BCUT2D eigenvalue weighted by molar-refractivity contribution is -0.114. The Morgan fingerprint density at radius 3 is 2.56 bits per heavy atom. The number of aromatic nitrogens is 2. The highest BCUT2D eigenvalue weighted by molar-refractivity contribution is 6.30. The SMILES string of the molecule is Cc1cccn2c(=O)c(C=C(C#N)C(N)=O)c(N3CCN(c4cccc(Cl)c4)CC3)nc12. The van der Waals surface area contributed by atoms with Crippen molar-refractivity contribution in [2.24, 2.45) is 5.73 Å². The Kier molecular flexibility index (Phi) is 5.84. The van der Waals surface area contributed by atoms with Gasteiger partial charge in [-0.1, -0.05) is 23.7 Å². The Morgan fingerprint density at radius 1 is 1.19 bits per heavy atom. The van der Waals surface area contributed by atoms with E-state index in [0.717, 1.165) is 11.3 Å². The summed E-state index contributed by atoms with van der Waals surface area (Å²) in [6.45, 7) is 4.46. The first-order chi connectivity index (χ1) is 15.4. The fraction of sp³-hybridized carbons (Fsp3) is 0.217. The first-order valence-electron chi connectivity index (χ1n) is 10.1. The zero-order valence-electron chi connectivity index (χ0n) is 17.5. The molecule has 0 saturated carbocycles. The van der Waals surface area contributed by atoms with Crippen molar-refractivity contribution >= 4 is 40.7 Å². The average molecular weight is 449 g/mol. The van der Waals surface area contributed by atoms with Crippen molar-refractivity contribution in [3.05, 3.63) is 74.7 Å². The van der Waals surface area contributed by atoms with Gasteiger partial charge in [-0.2, -0.15) is 5.26 Å². The number of primary amides is 1. The van der Waals surface area contributed by atoms with Crippen molar-refractivity contribution in [1.82, 2.24) is 9.38 Å². The first kappa shape index (κ1) is 21.4. The summed E-state index contributed by atoms with van der Waals surface area (Å²) in [4.78, 5) is 33.9. The monoisotopic (exact) mass is 448 g/mol. The number of hydrogen-bond donors (Lipinski definition) is 1. The molecule has 1 aliphatic heterocycles. The minimum absolute atomic E-state index is 0.166. The summed E-state index contributed by atoms with van der Waals surface area (Å²) in [6.07, 6.45) is 2.86. The van der Waals surface area contributed by atoms with Gasteiger partial charge in [-0.3, -0.25) is 14.0 Å². The van der Waals surface area contributed by atoms with Crippen molar-refractivity contribution in [2.45, 2.75) is 6.92 Å². The number of nitrogens with two attached hydrogens (primary N) is 1. The van der Waals surface area contributed by atoms with E-state index >= 15 is 0 Å². The van der Waals surface area contributed by atoms with E-state index in [0.29, 0.717) is 42.7 Å². The molecule has 0 spiro atoms. The maximum atomic E-state index is 13.3. The third-order valence-corrected chi connectivity index (χ3v) is 5.73. The van der Waals surface area contributed by atoms with Crippen LogP contribution in [0.4, 0.5) is 11.5 Å². The zero-order valence-corrected chi connectivity index (χ0v) is 18.2. The summed E-state index contributed by atoms with van der Waals surface area (Å²) in [5.74, 6) is -0.456. The molecule has 1 fully saturated rings. The Hall–Kier alpha value is -3.83. The number of hydrogen-bond acceptors (Lipinski definition) is 6. The van der Waals surface area contributed by atoms with Crippen LogP contribution in [0.1, 0.15) is 11.1 Å². The molecule has 32 heavy (non-hydrogen) atoms. The van der Waals surface area contributed by atoms with E-state index in [-0.39, 0.29) is 16.7 Å². The molecule has 8 nitrogen and oxygen atoms in total. The lowest BCUT2D eigenvalue weighted by atomic mass is 10.1. The topological polar surface area (TPSA) is 108 Å². The second-order valence-electron chi connectivity index (χ2n) is 7.53. The van der Waals surface area contributed by atoms with Gasteiger partial charge in [0.2, 0.25) is 0 Å². The van der Waals surface area contributed by atoms with Crippen LogP contribution in [0.25, 0.3) is 11.7 Å². The standard InChI is InChI=1S/C23H21ClN6O2/c1-15-4-3-7-30-21(15)27-22(19(23(30)32)12-16(14-25)20(26)31)29-10-8-28(9-11-29)18-6-2-5-17(24)13-18/h2-7,12-13H,8-11H2,1H3,(H2,26,31). The van der Waals surface area contributed by atoms with E-state index in [4.69, 9.17) is 22.3 Å². The molecule has 0 aliphatic carbocycles. The number of benzene rings is 1. The summed E-state index contributed by atoms with van der Waals surface area (Å²) in [6, 6.07) is 13.1. The lowest BCUT2D eigenvalue weighted by Crippen LogP contribution is -2.47. The number of pyridine rings is 1. The Labute approximate surface area is 189 Å². The maximum Gasteiger partial charge on any atom is 0.267 e. The van der Waals surface area contributed by atoms with Gasteiger partial charge in [-0.05, 0) is 42.8 Å². The molecule has 0 unspecified atom stereocenters. The van der Waals surface area contributed by atoms with Crippen LogP contribution in [0, 0.1) is 18.3 Å². The number of aryl methyl sites for hydroxylation is 1. The van der Waals surface area contributed by atoms with Crippen molar-refractivity contribution < 1.29 is 4.79 Å². The molecular formula is C23H21ClN6O2. The van der Waals surface area contributed by atoms with Gasteiger partial charge in [0.25, 0.3) is 11.5 Å². The van der Waals surface area contributed by atoms with Gasteiger partial charge in [-0.15, -0.1) is 0 Å². The summed E-state index contributed by atoms with van der Waals surface area (Å²) >= 11 is 6.13. The highest BCUT2D eigenvalue weighted by Crippen LogP contribution is 2.25. The number of rotatable bonds is 4. The number of piperazine rings is 1. The highest BCUT2D eigenvalue weighted by Gasteiger charge is 2.24. The van der Waals surface area contributed by atoms with E-state index in [2.05, 4.69) is 4.90 Å². The quantitative estimate of drug-likeness (QED) is 0.485. The van der Waals surface area contributed by atoms with Gasteiger partial charge in [0, 0.05) is 43.1 Å². The molecular weight excluding hydrogens is 428 g/mol. The Morgan fingerprint density at radius 2 is 1.91 bits per heavy atom. The van der Waals surface area contributed by atoms with Crippen molar-refractivity contribution in [1.29, 1.82) is 5.26 Å². The van der Waals surface area contributed by atoms with E-state index < -0.39 is 5.91 Å². The van der Waals surface area contributed by atoms with E-state index in [1.165, 1.54) is 10.5 Å². The van der Waals surface area contributed by atoms with E-state index in [9.17, 15) is 14.9 Å². The van der Waals surface area contributed by atoms with Crippen molar-refractivity contribution in [3.8, 4) is 6.07 Å². The van der Waals surface area contributed by atoms with Crippen LogP contribution in [0.15, 0.2) is 53.0 Å². The van der Waals surface area contributed by atoms with Gasteiger partial charge in [0.1, 0.15) is 23.1 Å². The molecule has 1 aromatic carbocycles. The molecule has 1 amide bonds. The number of amides is 1. The van der Waals surface area contributed by atoms with Crippen LogP contribution in [-0.2, 0) is 4.79 Å². The normalized spacial score (nSPS) is 14.5. The molecule has 4 rings (SSSR count). The molecule has 1 saturated heterocycles. The minimum Gasteiger partial charge on any atom is -0.368 e. The van der Waals surface area contributed by atoms with Crippen molar-refractivity contribution in [3.63, 3.8) is 0 Å². The minimum atomic E-state index is -0.891. The lowest BCUT2D eigenvalue weighted by Gasteiger charge is -2.37. The fourth-order valence-electron chi connectivity index (χ4n) is 3.82. The number of halogens is 1. The third kappa shape index (κ3) is 4.03. The van der Waals surface area contributed by atoms with Crippen LogP contribution in [0.5, 0.6) is 0 Å². The zero-order chi connectivity index (χ0) is 22.8. The largest absolute Gasteiger partial charge is 0.368 e. The second kappa shape index (κ2) is 8.73. The molecule has 3 aromatic rings. The second-order valence-corrected chi connectivity index (χ2v) is 7.96. The number of anilines is 2. The number of carbonyl (C=O) groups excluding carboxylic acids is 1. The fourth-order valence-corrected chi connectivity index (χ4v) is 4.00. The van der Waals surface area contributed by atoms with Crippen LogP contribution in [-0.4, -0.2) is 41.5 Å². The first-order valence-corrected chi connectivity index (χ1v) is 10.5. The third-order valence-electron chi connectivity index (χ3n) is 5.49. The maximum absolute atomic E-state index is 13.3. The molecule has 3 heterocycles. The molecule has 0 bridgehead atoms. The molecule has 0 atom stereocenters. The van der Waals surface area contributed by atoms with Gasteiger partial charge >= 0.3 is 0 Å². The molecule has 162 valence electrons. The summed E-state index contributed by atoms with van der Waals surface area (Å²) in [7, 11) is 0. The van der Waals surface area contributed by atoms with Crippen LogP contribution < -0.4 is 21.1 Å². The highest BCUT2D eigenvalue weighted by atomic mass is 35.5. The predicted octanol–water partition coefficient (Wildman–Crippen LogP) is 2.38. The smallest absolute Gasteiger partial charge is 0.267 e. The number of fused-ring (bicyclic) bond motifs is 1. The van der Waals surface area contributed by atoms with Crippen molar-refractivity contribution in [2.75, 3.05) is 36.0 Å². The molecule has 1 aliphatic rings. The van der Waals surface area contributed by atoms with Gasteiger partial charge in [0.15, 0.2) is 0 Å². The molecule has 2 N–H and O–H groups in total. The predicted molar refractivity (Wildman–Crippen MR) is 125 cm³/mol. The summed E-state index contributed by atoms with van der Waals surface area (Å²) in [5.41, 5.74) is 7.22. The average Bonchev–Trinajstić information content (AvgIpc) is 2.79. The van der Waals surface area contributed by atoms with Gasteiger partial charge < -0.3 is 15.5 Å². The van der Waals surface area contributed by atoms with Crippen LogP contribution in [0.2, 0.25) is 5.02 Å². The summed E-state index contributed by atoms with van der Waals surface area (Å²) in [5, 5.41) is 9.98. The molecule has 2 aromatic heterocycles. The van der Waals surface area contributed by atoms with Gasteiger partial charge in [0.05, 0.1) is 5.56 Å². The number of nitriles is 1. The van der Waals surface area contributed by atoms with Crippen LogP contribution in [0.3, 0.4) is 0 Å². The van der Waals surface area contributed by atoms with E-state index in [1.807, 2.05) is 42.2 Å². The van der Waals surface area contributed by atoms with Crippen LogP contribution >= 0.6 is 11.6 Å². The number of carbonyl (C=O) groups is 1. The number of nitrogens with zero attached hydrogens (tertiary/aromatic N) is 5. The van der Waals surface area contributed by atoms with E-state index in [1.54, 1.807) is 18.3 Å². The Balaban J connectivity index is 1.77. The summed E-state index contributed by atoms with van der Waals surface area (Å²) < 4.78 is 1.42.